The number of carbonyl (C=O) groups is 1. The molecule has 0 saturated heterocycles. The van der Waals surface area contributed by atoms with Crippen molar-refractivity contribution in [2.24, 2.45) is 11.7 Å². The number of rotatable bonds is 9. The molecule has 1 aromatic carbocycles. The lowest BCUT2D eigenvalue weighted by atomic mass is 9.73. The highest BCUT2D eigenvalue weighted by molar-refractivity contribution is 5.68. The number of imidazole rings is 1. The summed E-state index contributed by atoms with van der Waals surface area (Å²) in [6.07, 6.45) is 6.04. The third-order valence-corrected chi connectivity index (χ3v) is 7.90. The summed E-state index contributed by atoms with van der Waals surface area (Å²) in [6.45, 7) is 2.53. The zero-order valence-electron chi connectivity index (χ0n) is 24.5. The van der Waals surface area contributed by atoms with Gasteiger partial charge in [0.15, 0.2) is 0 Å². The normalized spacial score (nSPS) is 20.2. The molecule has 4 aromatic rings. The van der Waals surface area contributed by atoms with Gasteiger partial charge in [0.25, 0.3) is 0 Å². The van der Waals surface area contributed by atoms with E-state index < -0.39 is 17.7 Å². The number of nitrogens with two attached hydrogens (primary N) is 1. The standard InChI is InChI=1S/C30H35F2N7O4/c1-17-11-18(12-24(33)28(17)38(2)30(40)42-4)21-7-8-34-16-26(21)36-29-35-15-19-5-6-25(37-39(19)29)27-22(31)13-20(14-23(27)32)43-10-9-41-3/h5-8,13-18,24,28H,9-12,33H2,1-4H3,(H,35,36). The van der Waals surface area contributed by atoms with Crippen LogP contribution in [-0.4, -0.2) is 77.1 Å². The number of hydrogen-bond donors (Lipinski definition) is 2. The van der Waals surface area contributed by atoms with E-state index >= 15 is 8.78 Å². The SMILES string of the molecule is COCCOc1cc(F)c(-c2ccc3cnc(Nc4cnccc4C4CC(C)C(N(C)C(=O)OC)C(N)C4)n3n2)c(F)c1. The molecule has 0 radical (unpaired) electrons. The lowest BCUT2D eigenvalue weighted by molar-refractivity contribution is 0.0778. The van der Waals surface area contributed by atoms with Gasteiger partial charge in [-0.05, 0) is 48.4 Å². The number of hydrogen-bond acceptors (Lipinski definition) is 9. The first-order valence-corrected chi connectivity index (χ1v) is 13.9. The molecule has 4 unspecified atom stereocenters. The monoisotopic (exact) mass is 595 g/mol. The molecule has 1 amide bonds. The van der Waals surface area contributed by atoms with Crippen LogP contribution in [0.3, 0.4) is 0 Å². The van der Waals surface area contributed by atoms with E-state index in [4.69, 9.17) is 19.9 Å². The van der Waals surface area contributed by atoms with Crippen LogP contribution < -0.4 is 15.8 Å². The number of amides is 1. The maximum Gasteiger partial charge on any atom is 0.409 e. The smallest absolute Gasteiger partial charge is 0.409 e. The molecule has 5 rings (SSSR count). The molecule has 3 N–H and O–H groups in total. The Hall–Kier alpha value is -4.36. The van der Waals surface area contributed by atoms with E-state index in [1.54, 1.807) is 36.6 Å². The molecule has 4 atom stereocenters. The highest BCUT2D eigenvalue weighted by Crippen LogP contribution is 2.40. The van der Waals surface area contributed by atoms with Crippen molar-refractivity contribution in [2.45, 2.75) is 37.8 Å². The van der Waals surface area contributed by atoms with Gasteiger partial charge in [-0.3, -0.25) is 4.98 Å². The van der Waals surface area contributed by atoms with Gasteiger partial charge in [0.05, 0.1) is 54.6 Å². The van der Waals surface area contributed by atoms with Crippen LogP contribution in [0.5, 0.6) is 5.75 Å². The lowest BCUT2D eigenvalue weighted by Crippen LogP contribution is -2.55. The minimum absolute atomic E-state index is 0.0611. The second-order valence-electron chi connectivity index (χ2n) is 10.7. The Labute approximate surface area is 248 Å². The summed E-state index contributed by atoms with van der Waals surface area (Å²) in [6, 6.07) is 6.98. The quantitative estimate of drug-likeness (QED) is 0.264. The van der Waals surface area contributed by atoms with Gasteiger partial charge in [0, 0.05) is 38.5 Å². The summed E-state index contributed by atoms with van der Waals surface area (Å²) in [7, 11) is 4.58. The summed E-state index contributed by atoms with van der Waals surface area (Å²) >= 11 is 0. The molecule has 1 aliphatic rings. The molecule has 0 bridgehead atoms. The van der Waals surface area contributed by atoms with Crippen molar-refractivity contribution in [2.75, 3.05) is 39.8 Å². The number of methoxy groups -OCH3 is 2. The second-order valence-corrected chi connectivity index (χ2v) is 10.7. The van der Waals surface area contributed by atoms with Crippen LogP contribution in [0.25, 0.3) is 16.8 Å². The van der Waals surface area contributed by atoms with Crippen molar-refractivity contribution in [1.82, 2.24) is 24.5 Å². The Balaban J connectivity index is 1.41. The largest absolute Gasteiger partial charge is 0.491 e. The molecule has 228 valence electrons. The number of benzene rings is 1. The first kappa shape index (κ1) is 30.1. The summed E-state index contributed by atoms with van der Waals surface area (Å²) in [4.78, 5) is 22.5. The van der Waals surface area contributed by atoms with Crippen molar-refractivity contribution in [1.29, 1.82) is 0 Å². The number of ether oxygens (including phenoxy) is 3. The third kappa shape index (κ3) is 6.22. The minimum Gasteiger partial charge on any atom is -0.491 e. The molecule has 43 heavy (non-hydrogen) atoms. The van der Waals surface area contributed by atoms with E-state index in [0.29, 0.717) is 23.6 Å². The lowest BCUT2D eigenvalue weighted by Gasteiger charge is -2.43. The van der Waals surface area contributed by atoms with Crippen LogP contribution in [0.1, 0.15) is 31.2 Å². The second kappa shape index (κ2) is 12.9. The average Bonchev–Trinajstić information content (AvgIpc) is 3.38. The van der Waals surface area contributed by atoms with Crippen molar-refractivity contribution < 1.29 is 27.8 Å². The molecule has 0 aliphatic heterocycles. The maximum atomic E-state index is 15.1. The van der Waals surface area contributed by atoms with Crippen molar-refractivity contribution in [3.8, 4) is 17.0 Å². The topological polar surface area (TPSA) is 129 Å². The number of pyridine rings is 1. The Morgan fingerprint density at radius 1 is 1.14 bits per heavy atom. The Kier molecular flexibility index (Phi) is 9.02. The van der Waals surface area contributed by atoms with E-state index in [-0.39, 0.29) is 54.1 Å². The highest BCUT2D eigenvalue weighted by Gasteiger charge is 2.39. The minimum atomic E-state index is -0.803. The molecule has 11 nitrogen and oxygen atoms in total. The van der Waals surface area contributed by atoms with Gasteiger partial charge < -0.3 is 30.2 Å². The summed E-state index contributed by atoms with van der Waals surface area (Å²) in [5.74, 6) is -1.00. The summed E-state index contributed by atoms with van der Waals surface area (Å²) in [5, 5.41) is 7.82. The number of likely N-dealkylation sites (N-methyl/N-ethyl adjacent to an activating group) is 1. The van der Waals surface area contributed by atoms with Crippen LogP contribution in [0, 0.1) is 17.6 Å². The number of fused-ring (bicyclic) bond motifs is 1. The number of nitrogens with one attached hydrogen (secondary N) is 1. The maximum absolute atomic E-state index is 15.1. The first-order chi connectivity index (χ1) is 20.7. The predicted molar refractivity (Wildman–Crippen MR) is 156 cm³/mol. The van der Waals surface area contributed by atoms with Crippen molar-refractivity contribution in [3.05, 3.63) is 66.1 Å². The number of anilines is 2. The van der Waals surface area contributed by atoms with Gasteiger partial charge in [0.2, 0.25) is 5.95 Å². The van der Waals surface area contributed by atoms with Crippen LogP contribution >= 0.6 is 0 Å². The molecular weight excluding hydrogens is 560 g/mol. The fraction of sp³-hybridized carbons (Fsp3) is 0.400. The van der Waals surface area contributed by atoms with Crippen LogP contribution in [0.4, 0.5) is 25.2 Å². The van der Waals surface area contributed by atoms with Gasteiger partial charge in [-0.25, -0.2) is 18.6 Å². The molecule has 0 spiro atoms. The fourth-order valence-electron chi connectivity index (χ4n) is 5.97. The Morgan fingerprint density at radius 2 is 1.91 bits per heavy atom. The predicted octanol–water partition coefficient (Wildman–Crippen LogP) is 4.75. The van der Waals surface area contributed by atoms with E-state index in [1.165, 1.54) is 24.8 Å². The van der Waals surface area contributed by atoms with Crippen molar-refractivity contribution >= 4 is 23.2 Å². The van der Waals surface area contributed by atoms with Gasteiger partial charge in [-0.15, -0.1) is 0 Å². The molecule has 3 aromatic heterocycles. The van der Waals surface area contributed by atoms with E-state index in [9.17, 15) is 4.79 Å². The zero-order chi connectivity index (χ0) is 30.7. The molecule has 1 aliphatic carbocycles. The van der Waals surface area contributed by atoms with Crippen LogP contribution in [-0.2, 0) is 9.47 Å². The number of aromatic nitrogens is 4. The van der Waals surface area contributed by atoms with Crippen LogP contribution in [0.15, 0.2) is 48.9 Å². The third-order valence-electron chi connectivity index (χ3n) is 7.90. The fourth-order valence-corrected chi connectivity index (χ4v) is 5.97. The van der Waals surface area contributed by atoms with E-state index in [0.717, 1.165) is 24.1 Å². The number of nitrogens with zero attached hydrogens (tertiary/aromatic N) is 5. The number of carbonyl (C=O) groups excluding carboxylic acids is 1. The summed E-state index contributed by atoms with van der Waals surface area (Å²) < 4.78 is 46.8. The van der Waals surface area contributed by atoms with Gasteiger partial charge in [-0.1, -0.05) is 6.92 Å². The first-order valence-electron chi connectivity index (χ1n) is 13.9. The molecule has 1 saturated carbocycles. The van der Waals surface area contributed by atoms with E-state index in [2.05, 4.69) is 27.3 Å². The average molecular weight is 596 g/mol. The van der Waals surface area contributed by atoms with Gasteiger partial charge in [0.1, 0.15) is 24.0 Å². The van der Waals surface area contributed by atoms with E-state index in [1.807, 2.05) is 6.07 Å². The molecule has 13 heteroatoms. The molecule has 3 heterocycles. The zero-order valence-corrected chi connectivity index (χ0v) is 24.5. The van der Waals surface area contributed by atoms with Gasteiger partial charge in [-0.2, -0.15) is 9.61 Å². The Morgan fingerprint density at radius 3 is 2.60 bits per heavy atom. The van der Waals surface area contributed by atoms with Crippen LogP contribution in [0.2, 0.25) is 0 Å². The molecule has 1 fully saturated rings. The van der Waals surface area contributed by atoms with Crippen molar-refractivity contribution in [3.63, 3.8) is 0 Å². The Bertz CT molecular complexity index is 1570. The molecular formula is C30H35F2N7O4. The van der Waals surface area contributed by atoms with Gasteiger partial charge >= 0.3 is 6.09 Å². The summed E-state index contributed by atoms with van der Waals surface area (Å²) in [5.41, 5.74) is 8.74. The highest BCUT2D eigenvalue weighted by atomic mass is 19.1. The number of halogens is 2.